The van der Waals surface area contributed by atoms with Crippen molar-refractivity contribution in [1.29, 1.82) is 0 Å². The molecule has 1 amide bonds. The number of nitrogens with one attached hydrogen (secondary N) is 1. The van der Waals surface area contributed by atoms with Gasteiger partial charge in [0.1, 0.15) is 5.82 Å². The molecule has 2 aromatic rings. The van der Waals surface area contributed by atoms with Crippen LogP contribution in [-0.2, 0) is 4.79 Å². The first-order valence-electron chi connectivity index (χ1n) is 4.88. The Kier molecular flexibility index (Phi) is 4.06. The third-order valence-electron chi connectivity index (χ3n) is 1.92. The van der Waals surface area contributed by atoms with Crippen LogP contribution in [0.4, 0.5) is 5.82 Å². The van der Waals surface area contributed by atoms with Crippen LogP contribution in [0.1, 0.15) is 4.88 Å². The van der Waals surface area contributed by atoms with Gasteiger partial charge in [0, 0.05) is 21.6 Å². The summed E-state index contributed by atoms with van der Waals surface area (Å²) in [6.07, 6.45) is 4.91. The molecule has 0 spiro atoms. The Hall–Kier alpha value is -1.46. The number of thiophene rings is 1. The molecule has 3 nitrogen and oxygen atoms in total. The molecule has 0 radical (unpaired) electrons. The van der Waals surface area contributed by atoms with E-state index in [0.717, 1.165) is 9.35 Å². The molecule has 0 saturated carbocycles. The predicted octanol–water partition coefficient (Wildman–Crippen LogP) is 3.56. The number of hydrogen-bond donors (Lipinski definition) is 1. The third kappa shape index (κ3) is 3.80. The van der Waals surface area contributed by atoms with Crippen molar-refractivity contribution in [3.63, 3.8) is 0 Å². The average Bonchev–Trinajstić information content (AvgIpc) is 2.83. The number of rotatable bonds is 3. The first-order chi connectivity index (χ1) is 8.24. The summed E-state index contributed by atoms with van der Waals surface area (Å²) in [5.74, 6) is 0.349. The Bertz CT molecular complexity index is 520. The maximum Gasteiger partial charge on any atom is 0.249 e. The maximum absolute atomic E-state index is 11.5. The SMILES string of the molecule is O=C(/C=C/c1cccs1)Nc1ccc(Br)cn1. The second-order valence-corrected chi connectivity index (χ2v) is 5.09. The van der Waals surface area contributed by atoms with Gasteiger partial charge in [-0.3, -0.25) is 4.79 Å². The fourth-order valence-electron chi connectivity index (χ4n) is 1.16. The van der Waals surface area contributed by atoms with Gasteiger partial charge in [-0.15, -0.1) is 11.3 Å². The summed E-state index contributed by atoms with van der Waals surface area (Å²) in [7, 11) is 0. The lowest BCUT2D eigenvalue weighted by Gasteiger charge is -2.00. The summed E-state index contributed by atoms with van der Waals surface area (Å²) < 4.78 is 0.879. The minimum atomic E-state index is -0.187. The lowest BCUT2D eigenvalue weighted by atomic mass is 10.4. The first kappa shape index (κ1) is 12.0. The highest BCUT2D eigenvalue weighted by atomic mass is 79.9. The topological polar surface area (TPSA) is 42.0 Å². The van der Waals surface area contributed by atoms with E-state index in [-0.39, 0.29) is 5.91 Å². The zero-order valence-electron chi connectivity index (χ0n) is 8.76. The number of carbonyl (C=O) groups excluding carboxylic acids is 1. The van der Waals surface area contributed by atoms with Crippen molar-refractivity contribution in [1.82, 2.24) is 4.98 Å². The Morgan fingerprint density at radius 1 is 1.41 bits per heavy atom. The summed E-state index contributed by atoms with van der Waals surface area (Å²) >= 11 is 4.87. The molecule has 5 heteroatoms. The molecule has 0 bridgehead atoms. The number of amides is 1. The van der Waals surface area contributed by atoms with Gasteiger partial charge in [0.15, 0.2) is 0 Å². The molecule has 0 unspecified atom stereocenters. The average molecular weight is 309 g/mol. The van der Waals surface area contributed by atoms with Gasteiger partial charge >= 0.3 is 0 Å². The van der Waals surface area contributed by atoms with E-state index in [2.05, 4.69) is 26.2 Å². The molecule has 17 heavy (non-hydrogen) atoms. The molecule has 2 heterocycles. The van der Waals surface area contributed by atoms with Crippen molar-refractivity contribution in [3.05, 3.63) is 51.3 Å². The molecule has 0 aliphatic rings. The van der Waals surface area contributed by atoms with Crippen molar-refractivity contribution < 1.29 is 4.79 Å². The zero-order chi connectivity index (χ0) is 12.1. The van der Waals surface area contributed by atoms with Gasteiger partial charge < -0.3 is 5.32 Å². The molecule has 1 N–H and O–H groups in total. The van der Waals surface area contributed by atoms with Crippen LogP contribution in [0.25, 0.3) is 6.08 Å². The highest BCUT2D eigenvalue weighted by Crippen LogP contribution is 2.12. The van der Waals surface area contributed by atoms with Gasteiger partial charge in [-0.1, -0.05) is 6.07 Å². The van der Waals surface area contributed by atoms with E-state index in [4.69, 9.17) is 0 Å². The summed E-state index contributed by atoms with van der Waals surface area (Å²) in [5.41, 5.74) is 0. The van der Waals surface area contributed by atoms with Gasteiger partial charge in [-0.2, -0.15) is 0 Å². The van der Waals surface area contributed by atoms with Crippen LogP contribution in [0.5, 0.6) is 0 Å². The second-order valence-electron chi connectivity index (χ2n) is 3.20. The van der Waals surface area contributed by atoms with Crippen LogP contribution in [0.15, 0.2) is 46.4 Å². The number of hydrogen-bond acceptors (Lipinski definition) is 3. The van der Waals surface area contributed by atoms with E-state index >= 15 is 0 Å². The summed E-state index contributed by atoms with van der Waals surface area (Å²) in [4.78, 5) is 16.6. The molecular formula is C12H9BrN2OS. The summed E-state index contributed by atoms with van der Waals surface area (Å²) in [5, 5.41) is 4.64. The van der Waals surface area contributed by atoms with E-state index in [1.54, 1.807) is 29.7 Å². The van der Waals surface area contributed by atoms with E-state index < -0.39 is 0 Å². The maximum atomic E-state index is 11.5. The van der Waals surface area contributed by atoms with Crippen LogP contribution < -0.4 is 5.32 Å². The highest BCUT2D eigenvalue weighted by molar-refractivity contribution is 9.10. The van der Waals surface area contributed by atoms with Crippen molar-refractivity contribution in [2.75, 3.05) is 5.32 Å². The lowest BCUT2D eigenvalue weighted by Crippen LogP contribution is -2.08. The quantitative estimate of drug-likeness (QED) is 0.881. The lowest BCUT2D eigenvalue weighted by molar-refractivity contribution is -0.111. The Morgan fingerprint density at radius 3 is 2.94 bits per heavy atom. The van der Waals surface area contributed by atoms with Crippen LogP contribution in [0, 0.1) is 0 Å². The second kappa shape index (κ2) is 5.75. The van der Waals surface area contributed by atoms with Crippen LogP contribution >= 0.6 is 27.3 Å². The molecule has 0 aliphatic heterocycles. The molecule has 0 saturated heterocycles. The molecule has 0 aromatic carbocycles. The molecule has 86 valence electrons. The van der Waals surface area contributed by atoms with Gasteiger partial charge in [-0.05, 0) is 45.6 Å². The fraction of sp³-hybridized carbons (Fsp3) is 0. The largest absolute Gasteiger partial charge is 0.307 e. The minimum Gasteiger partial charge on any atom is -0.307 e. The summed E-state index contributed by atoms with van der Waals surface area (Å²) in [6, 6.07) is 7.46. The van der Waals surface area contributed by atoms with Crippen molar-refractivity contribution >= 4 is 45.1 Å². The number of aromatic nitrogens is 1. The monoisotopic (exact) mass is 308 g/mol. The third-order valence-corrected chi connectivity index (χ3v) is 3.23. The van der Waals surface area contributed by atoms with Crippen molar-refractivity contribution in [3.8, 4) is 0 Å². The van der Waals surface area contributed by atoms with Gasteiger partial charge in [0.25, 0.3) is 0 Å². The highest BCUT2D eigenvalue weighted by Gasteiger charge is 1.98. The molecule has 0 fully saturated rings. The molecule has 2 aromatic heterocycles. The molecular weight excluding hydrogens is 300 g/mol. The van der Waals surface area contributed by atoms with Gasteiger partial charge in [0.2, 0.25) is 5.91 Å². The number of pyridine rings is 1. The van der Waals surface area contributed by atoms with Crippen LogP contribution in [0.2, 0.25) is 0 Å². The Labute approximate surface area is 111 Å². The number of carbonyl (C=O) groups is 1. The first-order valence-corrected chi connectivity index (χ1v) is 6.55. The smallest absolute Gasteiger partial charge is 0.249 e. The summed E-state index contributed by atoms with van der Waals surface area (Å²) in [6.45, 7) is 0. The van der Waals surface area contributed by atoms with Gasteiger partial charge in [-0.25, -0.2) is 4.98 Å². The number of halogens is 1. The number of anilines is 1. The van der Waals surface area contributed by atoms with Crippen LogP contribution in [0.3, 0.4) is 0 Å². The Morgan fingerprint density at radius 2 is 2.29 bits per heavy atom. The van der Waals surface area contributed by atoms with Crippen molar-refractivity contribution in [2.45, 2.75) is 0 Å². The van der Waals surface area contributed by atoms with E-state index in [0.29, 0.717) is 5.82 Å². The van der Waals surface area contributed by atoms with Crippen LogP contribution in [-0.4, -0.2) is 10.9 Å². The van der Waals surface area contributed by atoms with E-state index in [1.165, 1.54) is 6.08 Å². The Balaban J connectivity index is 1.95. The molecule has 0 aliphatic carbocycles. The standard InChI is InChI=1S/C12H9BrN2OS/c13-9-3-5-11(14-8-9)15-12(16)6-4-10-2-1-7-17-10/h1-8H,(H,14,15,16)/b6-4+. The number of nitrogens with zero attached hydrogens (tertiary/aromatic N) is 1. The zero-order valence-corrected chi connectivity index (χ0v) is 11.2. The molecule has 0 atom stereocenters. The molecule has 2 rings (SSSR count). The van der Waals surface area contributed by atoms with Crippen molar-refractivity contribution in [2.24, 2.45) is 0 Å². The van der Waals surface area contributed by atoms with E-state index in [9.17, 15) is 4.79 Å². The minimum absolute atomic E-state index is 0.187. The van der Waals surface area contributed by atoms with E-state index in [1.807, 2.05) is 23.6 Å². The normalized spacial score (nSPS) is 10.6. The van der Waals surface area contributed by atoms with Gasteiger partial charge in [0.05, 0.1) is 0 Å². The predicted molar refractivity (Wildman–Crippen MR) is 73.9 cm³/mol. The fourth-order valence-corrected chi connectivity index (χ4v) is 2.01.